The molecule has 164 valence electrons. The van der Waals surface area contributed by atoms with Gasteiger partial charge in [-0.25, -0.2) is 0 Å². The topological polar surface area (TPSA) is 76.7 Å². The SMILES string of the molecule is COc1ccccc1OCC(=O)Nc1cccc(NC(=O)C2(c3cccc(Cl)c3)CC2)c1. The fraction of sp³-hybridized carbons (Fsp3) is 0.200. The molecule has 6 nitrogen and oxygen atoms in total. The highest BCUT2D eigenvalue weighted by molar-refractivity contribution is 6.30. The summed E-state index contributed by atoms with van der Waals surface area (Å²) in [5, 5.41) is 6.36. The van der Waals surface area contributed by atoms with Crippen molar-refractivity contribution in [3.63, 3.8) is 0 Å². The second-order valence-electron chi connectivity index (χ2n) is 7.62. The minimum Gasteiger partial charge on any atom is -0.493 e. The van der Waals surface area contributed by atoms with Crippen molar-refractivity contribution in [2.24, 2.45) is 0 Å². The number of ether oxygens (including phenoxy) is 2. The van der Waals surface area contributed by atoms with Gasteiger partial charge in [0, 0.05) is 16.4 Å². The first-order valence-corrected chi connectivity index (χ1v) is 10.6. The lowest BCUT2D eigenvalue weighted by atomic mass is 9.95. The Balaban J connectivity index is 1.37. The molecule has 1 saturated carbocycles. The van der Waals surface area contributed by atoms with Crippen LogP contribution in [0.15, 0.2) is 72.8 Å². The number of methoxy groups -OCH3 is 1. The fourth-order valence-electron chi connectivity index (χ4n) is 3.56. The van der Waals surface area contributed by atoms with Gasteiger partial charge in [0.1, 0.15) is 0 Å². The highest BCUT2D eigenvalue weighted by Gasteiger charge is 2.51. The number of rotatable bonds is 8. The normalized spacial score (nSPS) is 13.7. The van der Waals surface area contributed by atoms with Crippen molar-refractivity contribution >= 4 is 34.8 Å². The molecule has 0 aliphatic heterocycles. The number of carbonyl (C=O) groups is 2. The Bertz CT molecular complexity index is 1140. The molecule has 0 aromatic heterocycles. The van der Waals surface area contributed by atoms with Crippen LogP contribution in [0, 0.1) is 0 Å². The number of carbonyl (C=O) groups excluding carboxylic acids is 2. The molecule has 0 heterocycles. The van der Waals surface area contributed by atoms with E-state index in [1.807, 2.05) is 24.3 Å². The second-order valence-corrected chi connectivity index (χ2v) is 8.05. The van der Waals surface area contributed by atoms with Crippen LogP contribution in [0.4, 0.5) is 11.4 Å². The summed E-state index contributed by atoms with van der Waals surface area (Å²) in [6.07, 6.45) is 1.55. The van der Waals surface area contributed by atoms with Gasteiger partial charge in [-0.15, -0.1) is 0 Å². The number of hydrogen-bond donors (Lipinski definition) is 2. The maximum Gasteiger partial charge on any atom is 0.262 e. The first kappa shape index (κ1) is 21.7. The molecule has 3 aromatic rings. The van der Waals surface area contributed by atoms with Crippen molar-refractivity contribution in [3.8, 4) is 11.5 Å². The number of hydrogen-bond acceptors (Lipinski definition) is 4. The van der Waals surface area contributed by atoms with Gasteiger partial charge < -0.3 is 20.1 Å². The summed E-state index contributed by atoms with van der Waals surface area (Å²) >= 11 is 6.11. The van der Waals surface area contributed by atoms with E-state index in [4.69, 9.17) is 21.1 Å². The van der Waals surface area contributed by atoms with Crippen molar-refractivity contribution in [2.45, 2.75) is 18.3 Å². The number of nitrogens with one attached hydrogen (secondary N) is 2. The van der Waals surface area contributed by atoms with Gasteiger partial charge in [0.05, 0.1) is 12.5 Å². The van der Waals surface area contributed by atoms with Crippen LogP contribution in [-0.4, -0.2) is 25.5 Å². The van der Waals surface area contributed by atoms with E-state index in [0.717, 1.165) is 18.4 Å². The number of halogens is 1. The van der Waals surface area contributed by atoms with E-state index in [1.54, 1.807) is 55.6 Å². The summed E-state index contributed by atoms with van der Waals surface area (Å²) in [5.74, 6) is 0.639. The minimum atomic E-state index is -0.549. The van der Waals surface area contributed by atoms with Crippen LogP contribution in [-0.2, 0) is 15.0 Å². The van der Waals surface area contributed by atoms with Gasteiger partial charge in [-0.2, -0.15) is 0 Å². The van der Waals surface area contributed by atoms with E-state index >= 15 is 0 Å². The Morgan fingerprint density at radius 3 is 2.28 bits per heavy atom. The van der Waals surface area contributed by atoms with Gasteiger partial charge in [0.25, 0.3) is 5.91 Å². The standard InChI is InChI=1S/C25H23ClN2O4/c1-31-21-10-2-3-11-22(21)32-16-23(29)27-19-8-5-9-20(15-19)28-24(30)25(12-13-25)17-6-4-7-18(26)14-17/h2-11,14-15H,12-13,16H2,1H3,(H,27,29)(H,28,30). The quantitative estimate of drug-likeness (QED) is 0.504. The highest BCUT2D eigenvalue weighted by Crippen LogP contribution is 2.49. The van der Waals surface area contributed by atoms with Crippen LogP contribution in [0.3, 0.4) is 0 Å². The van der Waals surface area contributed by atoms with Crippen molar-refractivity contribution in [2.75, 3.05) is 24.4 Å². The molecule has 3 aromatic carbocycles. The lowest BCUT2D eigenvalue weighted by Gasteiger charge is -2.17. The molecule has 32 heavy (non-hydrogen) atoms. The molecular weight excluding hydrogens is 428 g/mol. The molecule has 0 atom stereocenters. The minimum absolute atomic E-state index is 0.0808. The summed E-state index contributed by atoms with van der Waals surface area (Å²) in [4.78, 5) is 25.3. The van der Waals surface area contributed by atoms with Crippen LogP contribution in [0.1, 0.15) is 18.4 Å². The van der Waals surface area contributed by atoms with Gasteiger partial charge >= 0.3 is 0 Å². The lowest BCUT2D eigenvalue weighted by molar-refractivity contribution is -0.119. The van der Waals surface area contributed by atoms with Gasteiger partial charge in [0.15, 0.2) is 18.1 Å². The van der Waals surface area contributed by atoms with Crippen molar-refractivity contribution in [1.82, 2.24) is 0 Å². The second kappa shape index (κ2) is 9.32. The number of benzene rings is 3. The van der Waals surface area contributed by atoms with Gasteiger partial charge in [0.2, 0.25) is 5.91 Å². The zero-order valence-electron chi connectivity index (χ0n) is 17.6. The van der Waals surface area contributed by atoms with Crippen molar-refractivity contribution in [3.05, 3.63) is 83.4 Å². The first-order chi connectivity index (χ1) is 15.5. The third-order valence-electron chi connectivity index (χ3n) is 5.39. The molecule has 7 heteroatoms. The molecule has 2 amide bonds. The van der Waals surface area contributed by atoms with Crippen molar-refractivity contribution in [1.29, 1.82) is 0 Å². The molecule has 0 saturated heterocycles. The molecule has 2 N–H and O–H groups in total. The molecule has 1 aliphatic carbocycles. The maximum atomic E-state index is 13.0. The molecule has 0 unspecified atom stereocenters. The van der Waals surface area contributed by atoms with Gasteiger partial charge in [-0.1, -0.05) is 41.9 Å². The van der Waals surface area contributed by atoms with Crippen LogP contribution in [0.5, 0.6) is 11.5 Å². The van der Waals surface area contributed by atoms with Crippen LogP contribution >= 0.6 is 11.6 Å². The largest absolute Gasteiger partial charge is 0.493 e. The zero-order valence-corrected chi connectivity index (χ0v) is 18.3. The van der Waals surface area contributed by atoms with Gasteiger partial charge in [-0.05, 0) is 60.9 Å². The Morgan fingerprint density at radius 2 is 1.59 bits per heavy atom. The first-order valence-electron chi connectivity index (χ1n) is 10.2. The van der Waals surface area contributed by atoms with E-state index < -0.39 is 5.41 Å². The van der Waals surface area contributed by atoms with Crippen LogP contribution in [0.2, 0.25) is 5.02 Å². The Hall–Kier alpha value is -3.51. The molecule has 0 radical (unpaired) electrons. The third-order valence-corrected chi connectivity index (χ3v) is 5.63. The fourth-order valence-corrected chi connectivity index (χ4v) is 3.75. The molecule has 4 rings (SSSR count). The predicted molar refractivity (Wildman–Crippen MR) is 125 cm³/mol. The summed E-state index contributed by atoms with van der Waals surface area (Å²) < 4.78 is 10.8. The van der Waals surface area contributed by atoms with E-state index in [-0.39, 0.29) is 18.4 Å². The average molecular weight is 451 g/mol. The number of amides is 2. The maximum absolute atomic E-state index is 13.0. The smallest absolute Gasteiger partial charge is 0.262 e. The highest BCUT2D eigenvalue weighted by atomic mass is 35.5. The Morgan fingerprint density at radius 1 is 0.906 bits per heavy atom. The van der Waals surface area contributed by atoms with E-state index in [0.29, 0.717) is 27.9 Å². The monoisotopic (exact) mass is 450 g/mol. The molecule has 1 fully saturated rings. The predicted octanol–water partition coefficient (Wildman–Crippen LogP) is 5.04. The lowest BCUT2D eigenvalue weighted by Crippen LogP contribution is -2.28. The van der Waals surface area contributed by atoms with Crippen LogP contribution < -0.4 is 20.1 Å². The third kappa shape index (κ3) is 4.86. The average Bonchev–Trinajstić information content (AvgIpc) is 3.60. The summed E-state index contributed by atoms with van der Waals surface area (Å²) in [7, 11) is 1.54. The van der Waals surface area contributed by atoms with E-state index in [9.17, 15) is 9.59 Å². The molecular formula is C25H23ClN2O4. The van der Waals surface area contributed by atoms with Crippen molar-refractivity contribution < 1.29 is 19.1 Å². The molecule has 0 bridgehead atoms. The summed E-state index contributed by atoms with van der Waals surface area (Å²) in [6, 6.07) is 21.6. The summed E-state index contributed by atoms with van der Waals surface area (Å²) in [5.41, 5.74) is 1.53. The Labute approximate surface area is 191 Å². The zero-order chi connectivity index (χ0) is 22.6. The van der Waals surface area contributed by atoms with Gasteiger partial charge in [-0.3, -0.25) is 9.59 Å². The van der Waals surface area contributed by atoms with E-state index in [2.05, 4.69) is 10.6 Å². The summed E-state index contributed by atoms with van der Waals surface area (Å²) in [6.45, 7) is -0.172. The number of para-hydroxylation sites is 2. The van der Waals surface area contributed by atoms with E-state index in [1.165, 1.54) is 0 Å². The molecule has 1 aliphatic rings. The Kier molecular flexibility index (Phi) is 6.32. The number of anilines is 2. The van der Waals surface area contributed by atoms with Crippen LogP contribution in [0.25, 0.3) is 0 Å². The molecule has 0 spiro atoms.